The highest BCUT2D eigenvalue weighted by Gasteiger charge is 2.54. The normalized spacial score (nSPS) is 19.7. The number of hydrogen-bond acceptors (Lipinski definition) is 7. The lowest BCUT2D eigenvalue weighted by atomic mass is 9.60. The van der Waals surface area contributed by atoms with E-state index in [1.807, 2.05) is 27.7 Å². The van der Waals surface area contributed by atoms with Gasteiger partial charge >= 0.3 is 0 Å². The van der Waals surface area contributed by atoms with E-state index in [0.29, 0.717) is 34.8 Å². The van der Waals surface area contributed by atoms with Crippen LogP contribution in [-0.4, -0.2) is 83.2 Å². The molecule has 1 spiro atoms. The van der Waals surface area contributed by atoms with Gasteiger partial charge in [-0.25, -0.2) is 14.4 Å². The van der Waals surface area contributed by atoms with Crippen LogP contribution < -0.4 is 9.64 Å². The molecule has 0 bridgehead atoms. The summed E-state index contributed by atoms with van der Waals surface area (Å²) in [4.78, 5) is 28.7. The van der Waals surface area contributed by atoms with Gasteiger partial charge in [-0.1, -0.05) is 0 Å². The third-order valence-electron chi connectivity index (χ3n) is 8.43. The molecule has 0 atom stereocenters. The average Bonchev–Trinajstić information content (AvgIpc) is 2.84. The predicted octanol–water partition coefficient (Wildman–Crippen LogP) is 4.75. The molecule has 1 aromatic carbocycles. The summed E-state index contributed by atoms with van der Waals surface area (Å²) in [7, 11) is 2.27. The summed E-state index contributed by atoms with van der Waals surface area (Å²) >= 11 is 0. The van der Waals surface area contributed by atoms with Crippen molar-refractivity contribution in [3.05, 3.63) is 42.1 Å². The van der Waals surface area contributed by atoms with Gasteiger partial charge in [0.2, 0.25) is 0 Å². The lowest BCUT2D eigenvalue weighted by molar-refractivity contribution is -0.0488. The number of carbonyl (C=O) groups is 1. The number of carbonyl (C=O) groups excluding carboxylic acids is 1. The Morgan fingerprint density at radius 3 is 2.45 bits per heavy atom. The minimum Gasteiger partial charge on any atom is -0.451 e. The predicted molar refractivity (Wildman–Crippen MR) is 144 cm³/mol. The molecule has 9 heteroatoms. The second-order valence-electron chi connectivity index (χ2n) is 11.8. The maximum atomic E-state index is 14.3. The van der Waals surface area contributed by atoms with E-state index in [2.05, 4.69) is 26.8 Å². The minimum atomic E-state index is -0.479. The third-order valence-corrected chi connectivity index (χ3v) is 8.43. The molecule has 0 unspecified atom stereocenters. The van der Waals surface area contributed by atoms with Crippen molar-refractivity contribution in [2.75, 3.05) is 38.3 Å². The Bertz CT molecular complexity index is 1130. The van der Waals surface area contributed by atoms with E-state index in [1.165, 1.54) is 37.4 Å². The molecule has 0 radical (unpaired) electrons. The Labute approximate surface area is 225 Å². The first kappa shape index (κ1) is 26.8. The maximum Gasteiger partial charge on any atom is 0.258 e. The molecule has 1 saturated carbocycles. The van der Waals surface area contributed by atoms with Crippen LogP contribution in [0.5, 0.6) is 11.5 Å². The van der Waals surface area contributed by atoms with Gasteiger partial charge in [0.1, 0.15) is 17.9 Å². The molecule has 1 aromatic heterocycles. The van der Waals surface area contributed by atoms with Crippen LogP contribution in [0.2, 0.25) is 0 Å². The van der Waals surface area contributed by atoms with Crippen LogP contribution in [0, 0.1) is 11.2 Å². The average molecular weight is 526 g/mol. The Balaban J connectivity index is 1.28. The SMILES string of the molecule is CC(C)N(C(=O)c1cc(F)ccc1Oc1cncnc1N1CC2(CC(N(C)C3CCOCC3)C2)C1)C(C)C. The van der Waals surface area contributed by atoms with Gasteiger partial charge in [-0.3, -0.25) is 4.79 Å². The van der Waals surface area contributed by atoms with Crippen LogP contribution >= 0.6 is 0 Å². The zero-order valence-electron chi connectivity index (χ0n) is 23.2. The second-order valence-corrected chi connectivity index (χ2v) is 11.8. The summed E-state index contributed by atoms with van der Waals surface area (Å²) in [5.41, 5.74) is 0.512. The highest BCUT2D eigenvalue weighted by atomic mass is 19.1. The molecular weight excluding hydrogens is 485 g/mol. The van der Waals surface area contributed by atoms with E-state index >= 15 is 0 Å². The van der Waals surface area contributed by atoms with E-state index in [9.17, 15) is 9.18 Å². The number of aromatic nitrogens is 2. The Kier molecular flexibility index (Phi) is 7.60. The second kappa shape index (κ2) is 10.8. The molecular formula is C29H40FN5O3. The molecule has 5 rings (SSSR count). The first-order valence-corrected chi connectivity index (χ1v) is 13.8. The van der Waals surface area contributed by atoms with Gasteiger partial charge in [0, 0.05) is 55.9 Å². The molecule has 1 aliphatic carbocycles. The van der Waals surface area contributed by atoms with E-state index in [1.54, 1.807) is 11.1 Å². The fraction of sp³-hybridized carbons (Fsp3) is 0.621. The molecule has 2 aliphatic heterocycles. The van der Waals surface area contributed by atoms with Gasteiger partial charge in [0.25, 0.3) is 5.91 Å². The first-order valence-electron chi connectivity index (χ1n) is 13.8. The lowest BCUT2D eigenvalue weighted by Gasteiger charge is -2.61. The Morgan fingerprint density at radius 2 is 1.79 bits per heavy atom. The van der Waals surface area contributed by atoms with Crippen molar-refractivity contribution in [2.24, 2.45) is 5.41 Å². The topological polar surface area (TPSA) is 71.0 Å². The molecule has 2 saturated heterocycles. The number of benzene rings is 1. The van der Waals surface area contributed by atoms with Crippen molar-refractivity contribution in [1.29, 1.82) is 0 Å². The van der Waals surface area contributed by atoms with Crippen molar-refractivity contribution in [3.63, 3.8) is 0 Å². The van der Waals surface area contributed by atoms with Crippen molar-refractivity contribution >= 4 is 11.7 Å². The van der Waals surface area contributed by atoms with Gasteiger partial charge in [-0.05, 0) is 78.6 Å². The highest BCUT2D eigenvalue weighted by molar-refractivity contribution is 5.97. The molecule has 0 N–H and O–H groups in total. The summed E-state index contributed by atoms with van der Waals surface area (Å²) in [6.07, 6.45) is 7.76. The maximum absolute atomic E-state index is 14.3. The van der Waals surface area contributed by atoms with E-state index in [4.69, 9.17) is 9.47 Å². The van der Waals surface area contributed by atoms with Crippen LogP contribution in [0.4, 0.5) is 10.2 Å². The summed E-state index contributed by atoms with van der Waals surface area (Å²) < 4.78 is 26.0. The van der Waals surface area contributed by atoms with E-state index in [0.717, 1.165) is 39.1 Å². The molecule has 3 fully saturated rings. The third kappa shape index (κ3) is 5.23. The summed E-state index contributed by atoms with van der Waals surface area (Å²) in [5, 5.41) is 0. The van der Waals surface area contributed by atoms with Gasteiger partial charge in [-0.15, -0.1) is 0 Å². The molecule has 3 heterocycles. The van der Waals surface area contributed by atoms with Gasteiger partial charge in [0.15, 0.2) is 11.6 Å². The quantitative estimate of drug-likeness (QED) is 0.493. The van der Waals surface area contributed by atoms with Crippen LogP contribution in [0.25, 0.3) is 0 Å². The van der Waals surface area contributed by atoms with Crippen LogP contribution in [0.15, 0.2) is 30.7 Å². The molecule has 2 aromatic rings. The monoisotopic (exact) mass is 525 g/mol. The van der Waals surface area contributed by atoms with E-state index < -0.39 is 5.82 Å². The van der Waals surface area contributed by atoms with Crippen molar-refractivity contribution in [3.8, 4) is 11.5 Å². The fourth-order valence-electron chi connectivity index (χ4n) is 6.49. The minimum absolute atomic E-state index is 0.0386. The number of rotatable bonds is 8. The van der Waals surface area contributed by atoms with Gasteiger partial charge in [-0.2, -0.15) is 0 Å². The first-order chi connectivity index (χ1) is 18.2. The molecule has 8 nitrogen and oxygen atoms in total. The largest absolute Gasteiger partial charge is 0.451 e. The van der Waals surface area contributed by atoms with Crippen LogP contribution in [0.1, 0.15) is 63.7 Å². The number of halogens is 1. The van der Waals surface area contributed by atoms with E-state index in [-0.39, 0.29) is 23.6 Å². The lowest BCUT2D eigenvalue weighted by Crippen LogP contribution is -2.67. The molecule has 38 heavy (non-hydrogen) atoms. The van der Waals surface area contributed by atoms with Crippen LogP contribution in [-0.2, 0) is 4.74 Å². The number of nitrogens with zero attached hydrogens (tertiary/aromatic N) is 5. The smallest absolute Gasteiger partial charge is 0.258 e. The van der Waals surface area contributed by atoms with Gasteiger partial charge < -0.3 is 24.2 Å². The van der Waals surface area contributed by atoms with Crippen LogP contribution in [0.3, 0.4) is 0 Å². The number of anilines is 1. The zero-order chi connectivity index (χ0) is 27.0. The summed E-state index contributed by atoms with van der Waals surface area (Å²) in [6, 6.07) is 5.25. The summed E-state index contributed by atoms with van der Waals surface area (Å²) in [6.45, 7) is 11.4. The standard InChI is InChI=1S/C29H40FN5O3/c1-19(2)35(20(3)4)28(36)24-12-21(30)6-7-25(24)38-26-15-31-18-32-27(26)34-16-29(17-34)13-23(14-29)33(5)22-8-10-37-11-9-22/h6-7,12,15,18-20,22-23H,8-11,13-14,16-17H2,1-5H3. The van der Waals surface area contributed by atoms with Crippen molar-refractivity contribution < 1.29 is 18.7 Å². The van der Waals surface area contributed by atoms with Crippen molar-refractivity contribution in [1.82, 2.24) is 19.8 Å². The Hall–Kier alpha value is -2.78. The highest BCUT2D eigenvalue weighted by Crippen LogP contribution is 2.52. The van der Waals surface area contributed by atoms with Gasteiger partial charge in [0.05, 0.1) is 11.8 Å². The summed E-state index contributed by atoms with van der Waals surface area (Å²) in [5.74, 6) is 0.737. The van der Waals surface area contributed by atoms with Crippen molar-refractivity contribution in [2.45, 2.75) is 77.5 Å². The molecule has 206 valence electrons. The number of ether oxygens (including phenoxy) is 2. The fourth-order valence-corrected chi connectivity index (χ4v) is 6.49. The molecule has 1 amide bonds. The Morgan fingerprint density at radius 1 is 1.11 bits per heavy atom. The molecule has 3 aliphatic rings. The number of amides is 1. The zero-order valence-corrected chi connectivity index (χ0v) is 23.2. The number of hydrogen-bond donors (Lipinski definition) is 0.